The van der Waals surface area contributed by atoms with Gasteiger partial charge in [-0.15, -0.1) is 0 Å². The number of carbonyl (C=O) groups is 1. The van der Waals surface area contributed by atoms with Crippen molar-refractivity contribution in [3.8, 4) is 0 Å². The number of unbranched alkanes of at least 4 members (excludes halogenated alkanes) is 18. The molecule has 2 rings (SSSR count). The molecule has 5 atom stereocenters. The highest BCUT2D eigenvalue weighted by molar-refractivity contribution is 5.90. The van der Waals surface area contributed by atoms with Gasteiger partial charge in [0.1, 0.15) is 6.10 Å². The Labute approximate surface area is 247 Å². The quantitative estimate of drug-likeness (QED) is 0.0724. The highest BCUT2D eigenvalue weighted by atomic mass is 16.5. The van der Waals surface area contributed by atoms with Crippen LogP contribution in [0.5, 0.6) is 0 Å². The number of cyclic esters (lactones) is 1. The number of ether oxygens (including phenoxy) is 1. The van der Waals surface area contributed by atoms with Crippen molar-refractivity contribution in [1.82, 2.24) is 5.32 Å². The SMILES string of the molecule is CCCCCCCCCCCCC(O)C1CCC(C(O)CCCCCCCCCCCCC2=C[C@H](C)OC2=O)N1. The van der Waals surface area contributed by atoms with E-state index in [0.717, 1.165) is 56.9 Å². The number of hydrogen-bond acceptors (Lipinski definition) is 5. The second kappa shape index (κ2) is 22.7. The van der Waals surface area contributed by atoms with E-state index in [2.05, 4.69) is 12.2 Å². The van der Waals surface area contributed by atoms with Gasteiger partial charge >= 0.3 is 5.97 Å². The molecule has 5 heteroatoms. The summed E-state index contributed by atoms with van der Waals surface area (Å²) in [6.45, 7) is 4.19. The Bertz CT molecular complexity index is 666. The third-order valence-electron chi connectivity index (χ3n) is 9.19. The number of hydrogen-bond donors (Lipinski definition) is 3. The van der Waals surface area contributed by atoms with Gasteiger partial charge in [-0.3, -0.25) is 0 Å². The topological polar surface area (TPSA) is 78.8 Å². The lowest BCUT2D eigenvalue weighted by Gasteiger charge is -2.23. The van der Waals surface area contributed by atoms with Crippen LogP contribution in [0.3, 0.4) is 0 Å². The van der Waals surface area contributed by atoms with Crippen LogP contribution in [0.15, 0.2) is 11.6 Å². The summed E-state index contributed by atoms with van der Waals surface area (Å²) in [5.41, 5.74) is 0.873. The van der Waals surface area contributed by atoms with E-state index in [1.54, 1.807) is 0 Å². The monoisotopic (exact) mass is 563 g/mol. The summed E-state index contributed by atoms with van der Waals surface area (Å²) in [5.74, 6) is -0.114. The van der Waals surface area contributed by atoms with Gasteiger partial charge < -0.3 is 20.3 Å². The minimum absolute atomic E-state index is 0.0413. The Morgan fingerprint density at radius 2 is 1.10 bits per heavy atom. The molecule has 0 aromatic carbocycles. The van der Waals surface area contributed by atoms with Crippen molar-refractivity contribution < 1.29 is 19.7 Å². The van der Waals surface area contributed by atoms with Crippen molar-refractivity contribution in [1.29, 1.82) is 0 Å². The van der Waals surface area contributed by atoms with E-state index in [9.17, 15) is 15.0 Å². The first-order valence-corrected chi connectivity index (χ1v) is 17.5. The molecule has 0 amide bonds. The largest absolute Gasteiger partial charge is 0.455 e. The normalized spacial score (nSPS) is 22.4. The van der Waals surface area contributed by atoms with Crippen molar-refractivity contribution in [3.05, 3.63) is 11.6 Å². The number of aliphatic hydroxyl groups excluding tert-OH is 2. The first kappa shape index (κ1) is 35.3. The summed E-state index contributed by atoms with van der Waals surface area (Å²) in [5, 5.41) is 24.9. The predicted molar refractivity (Wildman–Crippen MR) is 167 cm³/mol. The zero-order chi connectivity index (χ0) is 28.8. The van der Waals surface area contributed by atoms with Gasteiger partial charge in [0, 0.05) is 17.7 Å². The maximum absolute atomic E-state index is 11.6. The van der Waals surface area contributed by atoms with E-state index >= 15 is 0 Å². The van der Waals surface area contributed by atoms with E-state index in [0.29, 0.717) is 0 Å². The highest BCUT2D eigenvalue weighted by Crippen LogP contribution is 2.24. The van der Waals surface area contributed by atoms with Gasteiger partial charge in [0.25, 0.3) is 0 Å². The molecule has 0 radical (unpaired) electrons. The van der Waals surface area contributed by atoms with Gasteiger partial charge in [0.2, 0.25) is 0 Å². The number of aliphatic hydroxyl groups is 2. The summed E-state index contributed by atoms with van der Waals surface area (Å²) in [7, 11) is 0. The molecule has 5 nitrogen and oxygen atoms in total. The lowest BCUT2D eigenvalue weighted by molar-refractivity contribution is -0.139. The van der Waals surface area contributed by atoms with Crippen molar-refractivity contribution >= 4 is 5.97 Å². The summed E-state index contributed by atoms with van der Waals surface area (Å²) in [4.78, 5) is 11.6. The molecule has 0 saturated carbocycles. The molecular formula is C35H65NO4. The van der Waals surface area contributed by atoms with E-state index in [-0.39, 0.29) is 36.4 Å². The van der Waals surface area contributed by atoms with Crippen molar-refractivity contribution in [2.45, 2.75) is 205 Å². The van der Waals surface area contributed by atoms with E-state index < -0.39 is 0 Å². The van der Waals surface area contributed by atoms with Gasteiger partial charge in [-0.2, -0.15) is 0 Å². The third kappa shape index (κ3) is 15.9. The standard InChI is InChI=1S/C35H65NO4/c1-3-4-5-6-7-8-12-15-18-21-24-33(37)31-26-27-32(36-31)34(38)25-22-19-16-13-10-9-11-14-17-20-23-30-28-29(2)40-35(30)39/h28-29,31-34,36-38H,3-27H2,1-2H3/t29-,31?,32?,33?,34?/m0/s1. The Morgan fingerprint density at radius 3 is 1.50 bits per heavy atom. The molecule has 0 aromatic rings. The fourth-order valence-corrected chi connectivity index (χ4v) is 6.55. The fourth-order valence-electron chi connectivity index (χ4n) is 6.55. The van der Waals surface area contributed by atoms with Gasteiger partial charge in [0.05, 0.1) is 12.2 Å². The van der Waals surface area contributed by atoms with E-state index in [1.165, 1.54) is 109 Å². The Morgan fingerprint density at radius 1 is 0.700 bits per heavy atom. The van der Waals surface area contributed by atoms with Crippen LogP contribution in [0.2, 0.25) is 0 Å². The summed E-state index contributed by atoms with van der Waals surface area (Å²) in [6.07, 6.45) is 31.6. The van der Waals surface area contributed by atoms with Crippen molar-refractivity contribution in [2.75, 3.05) is 0 Å². The van der Waals surface area contributed by atoms with Crippen LogP contribution in [0.1, 0.15) is 174 Å². The molecule has 0 aliphatic carbocycles. The lowest BCUT2D eigenvalue weighted by atomic mass is 10.00. The smallest absolute Gasteiger partial charge is 0.334 e. The average Bonchev–Trinajstić information content (AvgIpc) is 3.56. The molecule has 40 heavy (non-hydrogen) atoms. The van der Waals surface area contributed by atoms with Crippen LogP contribution in [0.4, 0.5) is 0 Å². The Hall–Kier alpha value is -0.910. The highest BCUT2D eigenvalue weighted by Gasteiger charge is 2.32. The molecule has 0 aromatic heterocycles. The molecular weight excluding hydrogens is 498 g/mol. The maximum Gasteiger partial charge on any atom is 0.334 e. The molecule has 0 bridgehead atoms. The molecule has 0 spiro atoms. The molecule has 4 unspecified atom stereocenters. The summed E-state index contributed by atoms with van der Waals surface area (Å²) < 4.78 is 5.15. The van der Waals surface area contributed by atoms with Crippen LogP contribution in [-0.2, 0) is 9.53 Å². The molecule has 1 fully saturated rings. The summed E-state index contributed by atoms with van der Waals surface area (Å²) in [6, 6.07) is 0.324. The molecule has 3 N–H and O–H groups in total. The second-order valence-corrected chi connectivity index (χ2v) is 12.9. The molecule has 2 aliphatic heterocycles. The molecule has 2 heterocycles. The van der Waals surface area contributed by atoms with Gasteiger partial charge in [-0.05, 0) is 51.5 Å². The number of esters is 1. The number of carbonyl (C=O) groups excluding carboxylic acids is 1. The van der Waals surface area contributed by atoms with Crippen LogP contribution < -0.4 is 5.32 Å². The Kier molecular flexibility index (Phi) is 20.0. The zero-order valence-electron chi connectivity index (χ0n) is 26.4. The zero-order valence-corrected chi connectivity index (χ0v) is 26.4. The molecule has 234 valence electrons. The molecule has 2 aliphatic rings. The van der Waals surface area contributed by atoms with Crippen LogP contribution in [-0.4, -0.2) is 46.6 Å². The number of nitrogens with one attached hydrogen (secondary N) is 1. The van der Waals surface area contributed by atoms with Crippen LogP contribution >= 0.6 is 0 Å². The maximum atomic E-state index is 11.6. The fraction of sp³-hybridized carbons (Fsp3) is 0.914. The van der Waals surface area contributed by atoms with Crippen molar-refractivity contribution in [3.63, 3.8) is 0 Å². The molecule has 1 saturated heterocycles. The summed E-state index contributed by atoms with van der Waals surface area (Å²) >= 11 is 0. The number of rotatable bonds is 26. The minimum Gasteiger partial charge on any atom is -0.455 e. The van der Waals surface area contributed by atoms with Gasteiger partial charge in [-0.1, -0.05) is 129 Å². The second-order valence-electron chi connectivity index (χ2n) is 12.9. The third-order valence-corrected chi connectivity index (χ3v) is 9.19. The van der Waals surface area contributed by atoms with Crippen LogP contribution in [0.25, 0.3) is 0 Å². The van der Waals surface area contributed by atoms with Gasteiger partial charge in [-0.25, -0.2) is 4.79 Å². The van der Waals surface area contributed by atoms with E-state index in [1.807, 2.05) is 13.0 Å². The first-order valence-electron chi connectivity index (χ1n) is 17.5. The van der Waals surface area contributed by atoms with E-state index in [4.69, 9.17) is 4.74 Å². The lowest BCUT2D eigenvalue weighted by Crippen LogP contribution is -2.43. The minimum atomic E-state index is -0.278. The van der Waals surface area contributed by atoms with Crippen LogP contribution in [0, 0.1) is 0 Å². The Balaban J connectivity index is 1.35. The van der Waals surface area contributed by atoms with Gasteiger partial charge in [0.15, 0.2) is 0 Å². The first-order chi connectivity index (χ1) is 19.5. The predicted octanol–water partition coefficient (Wildman–Crippen LogP) is 8.69. The van der Waals surface area contributed by atoms with Crippen molar-refractivity contribution in [2.24, 2.45) is 0 Å². The average molecular weight is 564 g/mol.